The van der Waals surface area contributed by atoms with E-state index in [4.69, 9.17) is 16.6 Å². The topological polar surface area (TPSA) is 82.8 Å². The lowest BCUT2D eigenvalue weighted by Crippen LogP contribution is -2.41. The Morgan fingerprint density at radius 2 is 2.07 bits per heavy atom. The summed E-state index contributed by atoms with van der Waals surface area (Å²) in [6, 6.07) is 12.7. The Labute approximate surface area is 172 Å². The van der Waals surface area contributed by atoms with Crippen LogP contribution in [0.25, 0.3) is 6.08 Å². The Bertz CT molecular complexity index is 866. The van der Waals surface area contributed by atoms with Crippen molar-refractivity contribution in [3.05, 3.63) is 65.0 Å². The van der Waals surface area contributed by atoms with Crippen molar-refractivity contribution >= 4 is 46.2 Å². The van der Waals surface area contributed by atoms with Gasteiger partial charge in [-0.2, -0.15) is 0 Å². The van der Waals surface area contributed by atoms with E-state index in [1.807, 2.05) is 30.3 Å². The Balaban J connectivity index is 1.52. The number of aliphatic hydroxyl groups excluding tert-OH is 1. The third-order valence-electron chi connectivity index (χ3n) is 4.16. The zero-order valence-corrected chi connectivity index (χ0v) is 16.7. The first-order valence-electron chi connectivity index (χ1n) is 8.80. The van der Waals surface area contributed by atoms with Crippen LogP contribution in [0.4, 0.5) is 0 Å². The van der Waals surface area contributed by atoms with E-state index in [9.17, 15) is 14.7 Å². The summed E-state index contributed by atoms with van der Waals surface area (Å²) in [5, 5.41) is 12.3. The van der Waals surface area contributed by atoms with Gasteiger partial charge < -0.3 is 14.8 Å². The standard InChI is InChI=1S/C20H20N2O4S2/c23-13-15(11-14-5-2-1-3-6-14)21-18(24)8-9-22-19(25)17(28-20(22)27)12-16-7-4-10-26-16/h1-7,10,12,15,23H,8-9,11,13H2,(H,21,24)/b17-12+/t15-/m1/s1. The number of nitrogens with zero attached hydrogens (tertiary/aromatic N) is 1. The average Bonchev–Trinajstić information content (AvgIpc) is 3.29. The molecule has 1 aliphatic rings. The van der Waals surface area contributed by atoms with Gasteiger partial charge in [0.15, 0.2) is 0 Å². The van der Waals surface area contributed by atoms with Crippen molar-refractivity contribution in [3.8, 4) is 0 Å². The zero-order valence-electron chi connectivity index (χ0n) is 15.0. The molecule has 6 nitrogen and oxygen atoms in total. The van der Waals surface area contributed by atoms with Gasteiger partial charge in [-0.3, -0.25) is 14.5 Å². The molecule has 1 aromatic heterocycles. The second kappa shape index (κ2) is 9.68. The molecule has 0 bridgehead atoms. The average molecular weight is 417 g/mol. The van der Waals surface area contributed by atoms with E-state index in [1.54, 1.807) is 18.2 Å². The van der Waals surface area contributed by atoms with Gasteiger partial charge in [-0.15, -0.1) is 0 Å². The molecule has 1 fully saturated rings. The molecule has 3 rings (SSSR count). The molecule has 0 aliphatic carbocycles. The number of rotatable bonds is 8. The second-order valence-electron chi connectivity index (χ2n) is 6.24. The van der Waals surface area contributed by atoms with Gasteiger partial charge in [0.1, 0.15) is 10.1 Å². The number of furan rings is 1. The van der Waals surface area contributed by atoms with E-state index >= 15 is 0 Å². The lowest BCUT2D eigenvalue weighted by molar-refractivity contribution is -0.124. The van der Waals surface area contributed by atoms with Crippen LogP contribution in [0, 0.1) is 0 Å². The van der Waals surface area contributed by atoms with Gasteiger partial charge in [-0.25, -0.2) is 0 Å². The number of hydrogen-bond acceptors (Lipinski definition) is 6. The van der Waals surface area contributed by atoms with Crippen molar-refractivity contribution in [2.75, 3.05) is 13.2 Å². The van der Waals surface area contributed by atoms with E-state index in [-0.39, 0.29) is 37.4 Å². The van der Waals surface area contributed by atoms with E-state index in [2.05, 4.69) is 5.32 Å². The van der Waals surface area contributed by atoms with Crippen molar-refractivity contribution in [2.24, 2.45) is 0 Å². The maximum atomic E-state index is 12.5. The van der Waals surface area contributed by atoms with E-state index in [1.165, 1.54) is 22.9 Å². The third-order valence-corrected chi connectivity index (χ3v) is 5.54. The SMILES string of the molecule is O=C(CCN1C(=O)/C(=C\c2ccco2)SC1=S)N[C@@H](CO)Cc1ccccc1. The van der Waals surface area contributed by atoms with Gasteiger partial charge >= 0.3 is 0 Å². The number of carbonyl (C=O) groups excluding carboxylic acids is 2. The predicted octanol–water partition coefficient (Wildman–Crippen LogP) is 2.59. The Kier molecular flexibility index (Phi) is 7.02. The van der Waals surface area contributed by atoms with Crippen molar-refractivity contribution in [3.63, 3.8) is 0 Å². The van der Waals surface area contributed by atoms with Gasteiger partial charge in [-0.05, 0) is 24.1 Å². The summed E-state index contributed by atoms with van der Waals surface area (Å²) in [4.78, 5) is 26.7. The van der Waals surface area contributed by atoms with Crippen LogP contribution < -0.4 is 5.32 Å². The quantitative estimate of drug-likeness (QED) is 0.508. The highest BCUT2D eigenvalue weighted by Crippen LogP contribution is 2.32. The maximum absolute atomic E-state index is 12.5. The molecular formula is C20H20N2O4S2. The van der Waals surface area contributed by atoms with Crippen LogP contribution in [0.1, 0.15) is 17.7 Å². The van der Waals surface area contributed by atoms with Crippen molar-refractivity contribution in [1.29, 1.82) is 0 Å². The maximum Gasteiger partial charge on any atom is 0.266 e. The number of hydrogen-bond donors (Lipinski definition) is 2. The molecule has 1 saturated heterocycles. The van der Waals surface area contributed by atoms with Gasteiger partial charge in [-0.1, -0.05) is 54.3 Å². The monoisotopic (exact) mass is 416 g/mol. The summed E-state index contributed by atoms with van der Waals surface area (Å²) >= 11 is 6.45. The molecular weight excluding hydrogens is 396 g/mol. The number of aliphatic hydroxyl groups is 1. The fraction of sp³-hybridized carbons (Fsp3) is 0.250. The first kappa shape index (κ1) is 20.3. The van der Waals surface area contributed by atoms with E-state index < -0.39 is 0 Å². The molecule has 146 valence electrons. The summed E-state index contributed by atoms with van der Waals surface area (Å²) in [6.07, 6.45) is 3.81. The van der Waals surface area contributed by atoms with Crippen molar-refractivity contribution in [1.82, 2.24) is 10.2 Å². The van der Waals surface area contributed by atoms with Gasteiger partial charge in [0.25, 0.3) is 5.91 Å². The highest BCUT2D eigenvalue weighted by Gasteiger charge is 2.32. The molecule has 1 aromatic carbocycles. The highest BCUT2D eigenvalue weighted by molar-refractivity contribution is 8.26. The molecule has 1 aliphatic heterocycles. The molecule has 0 radical (unpaired) electrons. The van der Waals surface area contributed by atoms with Crippen LogP contribution in [-0.2, 0) is 16.0 Å². The van der Waals surface area contributed by atoms with Crippen LogP contribution in [0.2, 0.25) is 0 Å². The Hall–Kier alpha value is -2.42. The molecule has 1 atom stereocenters. The number of amides is 2. The van der Waals surface area contributed by atoms with Crippen LogP contribution >= 0.6 is 24.0 Å². The van der Waals surface area contributed by atoms with Gasteiger partial charge in [0.2, 0.25) is 5.91 Å². The zero-order chi connectivity index (χ0) is 19.9. The normalized spacial score (nSPS) is 16.6. The minimum absolute atomic E-state index is 0.103. The Morgan fingerprint density at radius 3 is 2.75 bits per heavy atom. The number of thioether (sulfide) groups is 1. The van der Waals surface area contributed by atoms with E-state index in [0.29, 0.717) is 21.4 Å². The summed E-state index contributed by atoms with van der Waals surface area (Å²) in [7, 11) is 0. The van der Waals surface area contributed by atoms with E-state index in [0.717, 1.165) is 5.56 Å². The van der Waals surface area contributed by atoms with Crippen LogP contribution in [-0.4, -0.2) is 45.3 Å². The smallest absolute Gasteiger partial charge is 0.266 e. The molecule has 2 amide bonds. The first-order chi connectivity index (χ1) is 13.6. The van der Waals surface area contributed by atoms with Crippen molar-refractivity contribution in [2.45, 2.75) is 18.9 Å². The number of nitrogens with one attached hydrogen (secondary N) is 1. The fourth-order valence-corrected chi connectivity index (χ4v) is 4.06. The third kappa shape index (κ3) is 5.31. The molecule has 0 unspecified atom stereocenters. The largest absolute Gasteiger partial charge is 0.465 e. The predicted molar refractivity (Wildman–Crippen MR) is 112 cm³/mol. The van der Waals surface area contributed by atoms with Gasteiger partial charge in [0.05, 0.1) is 23.8 Å². The fourth-order valence-electron chi connectivity index (χ4n) is 2.77. The molecule has 0 spiro atoms. The van der Waals surface area contributed by atoms with Crippen molar-refractivity contribution < 1.29 is 19.1 Å². The minimum Gasteiger partial charge on any atom is -0.465 e. The lowest BCUT2D eigenvalue weighted by atomic mass is 10.1. The van der Waals surface area contributed by atoms with Crippen LogP contribution in [0.5, 0.6) is 0 Å². The summed E-state index contributed by atoms with van der Waals surface area (Å²) in [5.74, 6) is 0.103. The minimum atomic E-state index is -0.375. The molecule has 8 heteroatoms. The summed E-state index contributed by atoms with van der Waals surface area (Å²) in [5.41, 5.74) is 1.03. The number of carbonyl (C=O) groups is 2. The molecule has 28 heavy (non-hydrogen) atoms. The lowest BCUT2D eigenvalue weighted by Gasteiger charge is -2.18. The molecule has 2 heterocycles. The number of thiocarbonyl (C=S) groups is 1. The summed E-state index contributed by atoms with van der Waals surface area (Å²) in [6.45, 7) is 0.0308. The number of benzene rings is 1. The Morgan fingerprint density at radius 1 is 1.29 bits per heavy atom. The van der Waals surface area contributed by atoms with Crippen LogP contribution in [0.15, 0.2) is 58.1 Å². The highest BCUT2D eigenvalue weighted by atomic mass is 32.2. The molecule has 0 saturated carbocycles. The first-order valence-corrected chi connectivity index (χ1v) is 10.0. The molecule has 2 aromatic rings. The van der Waals surface area contributed by atoms with Gasteiger partial charge in [0, 0.05) is 19.0 Å². The summed E-state index contributed by atoms with van der Waals surface area (Å²) < 4.78 is 5.64. The molecule has 2 N–H and O–H groups in total. The second-order valence-corrected chi connectivity index (χ2v) is 7.91. The van der Waals surface area contributed by atoms with Crippen LogP contribution in [0.3, 0.4) is 0 Å².